The van der Waals surface area contributed by atoms with Crippen molar-refractivity contribution < 1.29 is 13.5 Å². The fourth-order valence-corrected chi connectivity index (χ4v) is 2.29. The van der Waals surface area contributed by atoms with Crippen LogP contribution in [0.25, 0.3) is 0 Å². The van der Waals surface area contributed by atoms with Crippen molar-refractivity contribution in [2.45, 2.75) is 13.0 Å². The lowest BCUT2D eigenvalue weighted by Gasteiger charge is -2.28. The maximum Gasteiger partial charge on any atom is 0.144 e. The van der Waals surface area contributed by atoms with E-state index in [1.54, 1.807) is 0 Å². The largest absolute Gasteiger partial charge is 0.482 e. The van der Waals surface area contributed by atoms with E-state index in [1.807, 2.05) is 25.1 Å². The molecule has 1 heterocycles. The van der Waals surface area contributed by atoms with Crippen LogP contribution in [0.2, 0.25) is 0 Å². The van der Waals surface area contributed by atoms with Crippen molar-refractivity contribution in [1.82, 2.24) is 0 Å². The number of anilines is 1. The second-order valence-electron chi connectivity index (χ2n) is 4.60. The van der Waals surface area contributed by atoms with Gasteiger partial charge in [-0.05, 0) is 36.8 Å². The Morgan fingerprint density at radius 3 is 2.89 bits per heavy atom. The minimum absolute atomic E-state index is 0.236. The topological polar surface area (TPSA) is 21.3 Å². The summed E-state index contributed by atoms with van der Waals surface area (Å²) < 4.78 is 32.7. The second kappa shape index (κ2) is 4.53. The molecule has 0 aliphatic carbocycles. The molecule has 2 aromatic rings. The van der Waals surface area contributed by atoms with Gasteiger partial charge in [-0.3, -0.25) is 0 Å². The first kappa shape index (κ1) is 12.0. The molecule has 19 heavy (non-hydrogen) atoms. The van der Waals surface area contributed by atoms with Crippen molar-refractivity contribution in [1.29, 1.82) is 0 Å². The maximum absolute atomic E-state index is 13.7. The van der Waals surface area contributed by atoms with Gasteiger partial charge in [-0.1, -0.05) is 12.1 Å². The van der Waals surface area contributed by atoms with Crippen LogP contribution in [0.5, 0.6) is 5.75 Å². The van der Waals surface area contributed by atoms with Crippen LogP contribution < -0.4 is 10.1 Å². The fourth-order valence-electron chi connectivity index (χ4n) is 2.29. The van der Waals surface area contributed by atoms with E-state index in [9.17, 15) is 8.78 Å². The highest BCUT2D eigenvalue weighted by Crippen LogP contribution is 2.36. The van der Waals surface area contributed by atoms with Crippen molar-refractivity contribution >= 4 is 5.69 Å². The average molecular weight is 261 g/mol. The molecule has 0 amide bonds. The highest BCUT2D eigenvalue weighted by Gasteiger charge is 2.24. The molecule has 0 aromatic heterocycles. The Balaban J connectivity index is 1.96. The van der Waals surface area contributed by atoms with E-state index < -0.39 is 17.7 Å². The van der Waals surface area contributed by atoms with Crippen molar-refractivity contribution in [2.75, 3.05) is 11.9 Å². The molecule has 0 saturated carbocycles. The molecule has 1 atom stereocenters. The molecular formula is C15H13F2NO. The molecule has 0 radical (unpaired) electrons. The molecule has 0 fully saturated rings. The summed E-state index contributed by atoms with van der Waals surface area (Å²) in [7, 11) is 0. The predicted octanol–water partition coefficient (Wildman–Crippen LogP) is 3.82. The summed E-state index contributed by atoms with van der Waals surface area (Å²) in [5, 5.41) is 3.21. The quantitative estimate of drug-likeness (QED) is 0.842. The van der Waals surface area contributed by atoms with Crippen LogP contribution in [0.3, 0.4) is 0 Å². The number of benzene rings is 2. The average Bonchev–Trinajstić information content (AvgIpc) is 2.41. The Morgan fingerprint density at radius 1 is 1.21 bits per heavy atom. The normalized spacial score (nSPS) is 17.3. The Labute approximate surface area is 110 Å². The lowest BCUT2D eigenvalue weighted by molar-refractivity contribution is 0.204. The number of halogens is 2. The van der Waals surface area contributed by atoms with Gasteiger partial charge in [-0.25, -0.2) is 8.78 Å². The standard InChI is InChI=1S/C15H13F2NO/c1-9-3-2-4-13-15(9)18-8-14(19-13)11-7-10(16)5-6-12(11)17/h2-7,14,18H,8H2,1H3. The third kappa shape index (κ3) is 2.14. The maximum atomic E-state index is 13.7. The fraction of sp³-hybridized carbons (Fsp3) is 0.200. The number of ether oxygens (including phenoxy) is 1. The molecule has 1 aliphatic rings. The molecule has 1 N–H and O–H groups in total. The van der Waals surface area contributed by atoms with E-state index in [2.05, 4.69) is 5.32 Å². The molecule has 2 aromatic carbocycles. The van der Waals surface area contributed by atoms with Gasteiger partial charge >= 0.3 is 0 Å². The number of hydrogen-bond acceptors (Lipinski definition) is 2. The highest BCUT2D eigenvalue weighted by atomic mass is 19.1. The van der Waals surface area contributed by atoms with E-state index in [4.69, 9.17) is 4.74 Å². The number of nitrogens with one attached hydrogen (secondary N) is 1. The van der Waals surface area contributed by atoms with E-state index >= 15 is 0 Å². The van der Waals surface area contributed by atoms with Crippen LogP contribution in [0.15, 0.2) is 36.4 Å². The van der Waals surface area contributed by atoms with Crippen molar-refractivity contribution in [2.24, 2.45) is 0 Å². The van der Waals surface area contributed by atoms with E-state index in [0.29, 0.717) is 12.3 Å². The van der Waals surface area contributed by atoms with Gasteiger partial charge in [0, 0.05) is 5.56 Å². The number of hydrogen-bond donors (Lipinski definition) is 1. The molecule has 3 rings (SSSR count). The number of para-hydroxylation sites is 1. The molecule has 0 bridgehead atoms. The van der Waals surface area contributed by atoms with Gasteiger partial charge < -0.3 is 10.1 Å². The van der Waals surface area contributed by atoms with Crippen LogP contribution >= 0.6 is 0 Å². The lowest BCUT2D eigenvalue weighted by atomic mass is 10.1. The van der Waals surface area contributed by atoms with Crippen molar-refractivity contribution in [3.8, 4) is 5.75 Å². The molecule has 1 unspecified atom stereocenters. The second-order valence-corrected chi connectivity index (χ2v) is 4.60. The highest BCUT2D eigenvalue weighted by molar-refractivity contribution is 5.63. The molecule has 0 spiro atoms. The van der Waals surface area contributed by atoms with Crippen molar-refractivity contribution in [3.05, 3.63) is 59.2 Å². The summed E-state index contributed by atoms with van der Waals surface area (Å²) in [4.78, 5) is 0. The lowest BCUT2D eigenvalue weighted by Crippen LogP contribution is -2.25. The van der Waals surface area contributed by atoms with Crippen LogP contribution in [-0.4, -0.2) is 6.54 Å². The first-order valence-electron chi connectivity index (χ1n) is 6.10. The summed E-state index contributed by atoms with van der Waals surface area (Å²) in [6, 6.07) is 9.08. The van der Waals surface area contributed by atoms with Gasteiger partial charge in [0.05, 0.1) is 12.2 Å². The summed E-state index contributed by atoms with van der Waals surface area (Å²) in [6.45, 7) is 2.39. The van der Waals surface area contributed by atoms with Crippen molar-refractivity contribution in [3.63, 3.8) is 0 Å². The van der Waals surface area contributed by atoms with Gasteiger partial charge in [-0.15, -0.1) is 0 Å². The van der Waals surface area contributed by atoms with Gasteiger partial charge in [0.2, 0.25) is 0 Å². The zero-order valence-corrected chi connectivity index (χ0v) is 10.4. The summed E-state index contributed by atoms with van der Waals surface area (Å²) >= 11 is 0. The van der Waals surface area contributed by atoms with Crippen LogP contribution in [0.1, 0.15) is 17.2 Å². The zero-order chi connectivity index (χ0) is 13.4. The van der Waals surface area contributed by atoms with Crippen LogP contribution in [-0.2, 0) is 0 Å². The minimum Gasteiger partial charge on any atom is -0.482 e. The summed E-state index contributed by atoms with van der Waals surface area (Å²) in [5.41, 5.74) is 2.21. The Kier molecular flexibility index (Phi) is 2.85. The molecule has 98 valence electrons. The van der Waals surface area contributed by atoms with Crippen LogP contribution in [0, 0.1) is 18.6 Å². The number of aryl methyl sites for hydroxylation is 1. The molecular weight excluding hydrogens is 248 g/mol. The van der Waals surface area contributed by atoms with Crippen LogP contribution in [0.4, 0.5) is 14.5 Å². The van der Waals surface area contributed by atoms with Gasteiger partial charge in [0.15, 0.2) is 0 Å². The van der Waals surface area contributed by atoms with E-state index in [-0.39, 0.29) is 5.56 Å². The first-order valence-corrected chi connectivity index (χ1v) is 6.10. The van der Waals surface area contributed by atoms with E-state index in [0.717, 1.165) is 23.4 Å². The summed E-state index contributed by atoms with van der Waals surface area (Å²) in [5.74, 6) is -0.251. The number of fused-ring (bicyclic) bond motifs is 1. The Hall–Kier alpha value is -2.10. The van der Waals surface area contributed by atoms with E-state index in [1.165, 1.54) is 6.07 Å². The Bertz CT molecular complexity index is 628. The predicted molar refractivity (Wildman–Crippen MR) is 69.4 cm³/mol. The SMILES string of the molecule is Cc1cccc2c1NCC(c1cc(F)ccc1F)O2. The smallest absolute Gasteiger partial charge is 0.144 e. The molecule has 4 heteroatoms. The molecule has 1 aliphatic heterocycles. The third-order valence-electron chi connectivity index (χ3n) is 3.27. The zero-order valence-electron chi connectivity index (χ0n) is 10.4. The first-order chi connectivity index (χ1) is 9.15. The summed E-state index contributed by atoms with van der Waals surface area (Å²) in [6.07, 6.45) is -0.523. The monoisotopic (exact) mass is 261 g/mol. The minimum atomic E-state index is -0.523. The molecule has 0 saturated heterocycles. The molecule has 2 nitrogen and oxygen atoms in total. The van der Waals surface area contributed by atoms with Gasteiger partial charge in [0.25, 0.3) is 0 Å². The number of rotatable bonds is 1. The third-order valence-corrected chi connectivity index (χ3v) is 3.27. The van der Waals surface area contributed by atoms with Gasteiger partial charge in [-0.2, -0.15) is 0 Å². The van der Waals surface area contributed by atoms with Gasteiger partial charge in [0.1, 0.15) is 23.5 Å². The Morgan fingerprint density at radius 2 is 2.05 bits per heavy atom.